The number of carboxylic acids is 1. The molecule has 12 heteroatoms. The molecule has 1 aliphatic carbocycles. The van der Waals surface area contributed by atoms with Gasteiger partial charge in [0.15, 0.2) is 0 Å². The van der Waals surface area contributed by atoms with Crippen LogP contribution in [0.25, 0.3) is 0 Å². The van der Waals surface area contributed by atoms with Gasteiger partial charge in [-0.1, -0.05) is 59.6 Å². The molecule has 0 aromatic heterocycles. The van der Waals surface area contributed by atoms with Gasteiger partial charge in [0, 0.05) is 18.2 Å². The normalized spacial score (nSPS) is 20.9. The van der Waals surface area contributed by atoms with Crippen LogP contribution in [-0.4, -0.2) is 53.7 Å². The zero-order chi connectivity index (χ0) is 29.3. The predicted molar refractivity (Wildman–Crippen MR) is 155 cm³/mol. The number of amides is 2. The Morgan fingerprint density at radius 1 is 0.927 bits per heavy atom. The first-order valence-electron chi connectivity index (χ1n) is 13.0. The molecule has 2 aliphatic rings. The van der Waals surface area contributed by atoms with E-state index in [1.54, 1.807) is 60.7 Å². The van der Waals surface area contributed by atoms with Crippen molar-refractivity contribution >= 4 is 56.7 Å². The minimum Gasteiger partial charge on any atom is -0.480 e. The van der Waals surface area contributed by atoms with E-state index in [0.717, 1.165) is 0 Å². The fourth-order valence-corrected chi connectivity index (χ4v) is 8.12. The third-order valence-electron chi connectivity index (χ3n) is 7.57. The van der Waals surface area contributed by atoms with Gasteiger partial charge in [0.05, 0.1) is 20.5 Å². The van der Waals surface area contributed by atoms with E-state index in [2.05, 4.69) is 10.6 Å². The van der Waals surface area contributed by atoms with Crippen LogP contribution in [0.3, 0.4) is 0 Å². The van der Waals surface area contributed by atoms with Crippen LogP contribution in [0.2, 0.25) is 10.0 Å². The van der Waals surface area contributed by atoms with Crippen molar-refractivity contribution in [3.05, 3.63) is 94.0 Å². The maximum absolute atomic E-state index is 13.5. The highest BCUT2D eigenvalue weighted by Gasteiger charge is 2.54. The van der Waals surface area contributed by atoms with Crippen LogP contribution in [0.5, 0.6) is 0 Å². The van der Waals surface area contributed by atoms with Crippen molar-refractivity contribution < 1.29 is 27.9 Å². The molecular formula is C29H27Cl2N3O6S. The summed E-state index contributed by atoms with van der Waals surface area (Å²) in [6, 6.07) is 16.6. The van der Waals surface area contributed by atoms with E-state index in [1.165, 1.54) is 16.4 Å². The fourth-order valence-electron chi connectivity index (χ4n) is 5.66. The number of fused-ring (bicyclic) bond motifs is 2. The van der Waals surface area contributed by atoms with Gasteiger partial charge in [-0.25, -0.2) is 13.2 Å². The van der Waals surface area contributed by atoms with Crippen molar-refractivity contribution in [2.75, 3.05) is 5.32 Å². The number of anilines is 1. The van der Waals surface area contributed by atoms with Crippen molar-refractivity contribution in [1.29, 1.82) is 0 Å². The standard InChI is InChI=1S/C29H27Cl2N3O6S/c30-22-7-4-8-23(31)25(22)27(35)32-19-12-9-17(10-13-19)15-24(29(37)38)33-28(36)26-18-11-14-20(16-18)34(26)41(39,40)21-5-2-1-3-6-21/h1-10,12-13,18,20,24,26H,11,14-16H2,(H,32,35)(H,33,36)(H,37,38). The molecule has 5 rings (SSSR count). The van der Waals surface area contributed by atoms with E-state index >= 15 is 0 Å². The minimum atomic E-state index is -3.94. The van der Waals surface area contributed by atoms with Crippen molar-refractivity contribution in [3.63, 3.8) is 0 Å². The van der Waals surface area contributed by atoms with Crippen LogP contribution in [0.15, 0.2) is 77.7 Å². The lowest BCUT2D eigenvalue weighted by Crippen LogP contribution is -2.55. The highest BCUT2D eigenvalue weighted by molar-refractivity contribution is 7.89. The number of carbonyl (C=O) groups excluding carboxylic acids is 2. The fraction of sp³-hybridized carbons (Fsp3) is 0.276. The molecule has 2 fully saturated rings. The molecule has 4 unspecified atom stereocenters. The number of sulfonamides is 1. The van der Waals surface area contributed by atoms with E-state index in [9.17, 15) is 27.9 Å². The Morgan fingerprint density at radius 3 is 2.22 bits per heavy atom. The molecule has 3 aromatic rings. The van der Waals surface area contributed by atoms with E-state index in [4.69, 9.17) is 23.2 Å². The van der Waals surface area contributed by atoms with Crippen molar-refractivity contribution in [2.45, 2.75) is 48.7 Å². The first kappa shape index (κ1) is 29.1. The summed E-state index contributed by atoms with van der Waals surface area (Å²) in [6.45, 7) is 0. The lowest BCUT2D eigenvalue weighted by Gasteiger charge is -2.34. The number of nitrogens with zero attached hydrogens (tertiary/aromatic N) is 1. The number of hydrogen-bond donors (Lipinski definition) is 3. The predicted octanol–water partition coefficient (Wildman–Crippen LogP) is 4.60. The van der Waals surface area contributed by atoms with Gasteiger partial charge >= 0.3 is 5.97 Å². The van der Waals surface area contributed by atoms with Gasteiger partial charge in [-0.3, -0.25) is 9.59 Å². The molecule has 3 N–H and O–H groups in total. The maximum atomic E-state index is 13.5. The summed E-state index contributed by atoms with van der Waals surface area (Å²) in [5, 5.41) is 15.6. The van der Waals surface area contributed by atoms with E-state index in [-0.39, 0.29) is 38.9 Å². The number of rotatable bonds is 9. The summed E-state index contributed by atoms with van der Waals surface area (Å²) in [5.74, 6) is -2.54. The summed E-state index contributed by atoms with van der Waals surface area (Å²) in [5.41, 5.74) is 1.17. The second-order valence-electron chi connectivity index (χ2n) is 10.2. The average Bonchev–Trinajstić information content (AvgIpc) is 3.56. The summed E-state index contributed by atoms with van der Waals surface area (Å²) in [7, 11) is -3.94. The van der Waals surface area contributed by atoms with Crippen molar-refractivity contribution in [1.82, 2.24) is 9.62 Å². The molecule has 214 valence electrons. The van der Waals surface area contributed by atoms with E-state index < -0.39 is 39.9 Å². The molecule has 2 bridgehead atoms. The Kier molecular flexibility index (Phi) is 8.37. The Hall–Kier alpha value is -3.44. The van der Waals surface area contributed by atoms with E-state index in [0.29, 0.717) is 30.5 Å². The molecule has 0 radical (unpaired) electrons. The number of benzene rings is 3. The SMILES string of the molecule is O=C(Nc1ccc(CC(NC(=O)C2C3CCC(C3)N2S(=O)(=O)c2ccccc2)C(=O)O)cc1)c1c(Cl)cccc1Cl. The number of piperidine rings is 1. The summed E-state index contributed by atoms with van der Waals surface area (Å²) < 4.78 is 28.2. The van der Waals surface area contributed by atoms with Crippen molar-refractivity contribution in [2.24, 2.45) is 5.92 Å². The van der Waals surface area contributed by atoms with Crippen LogP contribution >= 0.6 is 23.2 Å². The second-order valence-corrected chi connectivity index (χ2v) is 12.8. The number of hydrogen-bond acceptors (Lipinski definition) is 5. The second kappa shape index (κ2) is 11.8. The summed E-state index contributed by atoms with van der Waals surface area (Å²) >= 11 is 12.2. The third-order valence-corrected chi connectivity index (χ3v) is 10.1. The summed E-state index contributed by atoms with van der Waals surface area (Å²) in [4.78, 5) is 38.3. The van der Waals surface area contributed by atoms with Crippen LogP contribution in [-0.2, 0) is 26.0 Å². The molecule has 3 aromatic carbocycles. The van der Waals surface area contributed by atoms with Gasteiger partial charge in [0.1, 0.15) is 12.1 Å². The van der Waals surface area contributed by atoms with Crippen molar-refractivity contribution in [3.8, 4) is 0 Å². The Morgan fingerprint density at radius 2 is 1.59 bits per heavy atom. The Labute approximate surface area is 247 Å². The molecule has 2 amide bonds. The largest absolute Gasteiger partial charge is 0.480 e. The smallest absolute Gasteiger partial charge is 0.326 e. The Balaban J connectivity index is 1.28. The zero-order valence-corrected chi connectivity index (χ0v) is 24.0. The average molecular weight is 617 g/mol. The third kappa shape index (κ3) is 5.97. The van der Waals surface area contributed by atoms with Crippen LogP contribution in [0.1, 0.15) is 35.2 Å². The highest BCUT2D eigenvalue weighted by atomic mass is 35.5. The zero-order valence-electron chi connectivity index (χ0n) is 21.7. The van der Waals surface area contributed by atoms with Crippen LogP contribution in [0, 0.1) is 5.92 Å². The number of halogens is 2. The minimum absolute atomic E-state index is 0.0438. The molecule has 41 heavy (non-hydrogen) atoms. The van der Waals surface area contributed by atoms with Gasteiger partial charge < -0.3 is 15.7 Å². The lowest BCUT2D eigenvalue weighted by molar-refractivity contribution is -0.142. The molecule has 0 spiro atoms. The molecule has 4 atom stereocenters. The quantitative estimate of drug-likeness (QED) is 0.322. The molecule has 1 heterocycles. The molecule has 1 saturated carbocycles. The van der Waals surface area contributed by atoms with Gasteiger partial charge in [-0.15, -0.1) is 0 Å². The highest BCUT2D eigenvalue weighted by Crippen LogP contribution is 2.45. The number of aliphatic carboxylic acids is 1. The summed E-state index contributed by atoms with van der Waals surface area (Å²) in [6.07, 6.45) is 1.88. The Bertz CT molecular complexity index is 1560. The van der Waals surface area contributed by atoms with Gasteiger partial charge in [-0.05, 0) is 67.1 Å². The number of carboxylic acid groups (broad SMARTS) is 1. The first-order valence-corrected chi connectivity index (χ1v) is 15.2. The maximum Gasteiger partial charge on any atom is 0.326 e. The number of carbonyl (C=O) groups is 3. The molecular weight excluding hydrogens is 589 g/mol. The molecule has 1 saturated heterocycles. The van der Waals surface area contributed by atoms with Gasteiger partial charge in [0.25, 0.3) is 5.91 Å². The van der Waals surface area contributed by atoms with Gasteiger partial charge in [0.2, 0.25) is 15.9 Å². The number of nitrogens with one attached hydrogen (secondary N) is 2. The van der Waals surface area contributed by atoms with E-state index in [1.807, 2.05) is 0 Å². The van der Waals surface area contributed by atoms with Crippen LogP contribution < -0.4 is 10.6 Å². The molecule has 9 nitrogen and oxygen atoms in total. The lowest BCUT2D eigenvalue weighted by atomic mass is 9.98. The first-order chi connectivity index (χ1) is 19.6. The van der Waals surface area contributed by atoms with Crippen LogP contribution in [0.4, 0.5) is 5.69 Å². The molecule has 1 aliphatic heterocycles. The van der Waals surface area contributed by atoms with Gasteiger partial charge in [-0.2, -0.15) is 4.31 Å². The monoisotopic (exact) mass is 615 g/mol. The topological polar surface area (TPSA) is 133 Å².